The van der Waals surface area contributed by atoms with Crippen LogP contribution in [0.15, 0.2) is 24.3 Å². The molecule has 1 fully saturated rings. The molecule has 1 aliphatic rings. The van der Waals surface area contributed by atoms with Crippen molar-refractivity contribution in [2.75, 3.05) is 19.7 Å². The van der Waals surface area contributed by atoms with E-state index < -0.39 is 11.9 Å². The van der Waals surface area contributed by atoms with Crippen molar-refractivity contribution in [3.63, 3.8) is 0 Å². The Morgan fingerprint density at radius 1 is 1.33 bits per heavy atom. The van der Waals surface area contributed by atoms with E-state index in [9.17, 15) is 9.59 Å². The molecular formula is C16H21NO4. The monoisotopic (exact) mass is 291 g/mol. The maximum Gasteiger partial charge on any atom is 0.308 e. The fraction of sp³-hybridized carbons (Fsp3) is 0.500. The normalized spacial score (nSPS) is 17.8. The van der Waals surface area contributed by atoms with Crippen LogP contribution in [0.25, 0.3) is 0 Å². The smallest absolute Gasteiger partial charge is 0.308 e. The lowest BCUT2D eigenvalue weighted by Crippen LogP contribution is -2.30. The number of amides is 1. The van der Waals surface area contributed by atoms with E-state index >= 15 is 0 Å². The second kappa shape index (κ2) is 7.11. The van der Waals surface area contributed by atoms with Crippen LogP contribution in [-0.2, 0) is 16.0 Å². The molecule has 0 aliphatic carbocycles. The Bertz CT molecular complexity index is 498. The van der Waals surface area contributed by atoms with Gasteiger partial charge in [0.15, 0.2) is 0 Å². The standard InChI is InChI=1S/C16H21NO4/c1-2-21-14-6-3-12(4-7-14)5-8-15(18)17-10-9-13(11-17)16(19)20/h3-4,6-7,13H,2,5,8-11H2,1H3,(H,19,20)/t13-/m1/s1. The zero-order chi connectivity index (χ0) is 15.2. The van der Waals surface area contributed by atoms with Crippen LogP contribution >= 0.6 is 0 Å². The second-order valence-electron chi connectivity index (χ2n) is 5.24. The predicted octanol–water partition coefficient (Wildman–Crippen LogP) is 1.95. The summed E-state index contributed by atoms with van der Waals surface area (Å²) in [5.41, 5.74) is 1.08. The van der Waals surface area contributed by atoms with E-state index in [1.165, 1.54) is 0 Å². The maximum absolute atomic E-state index is 12.1. The van der Waals surface area contributed by atoms with Gasteiger partial charge in [-0.05, 0) is 37.5 Å². The van der Waals surface area contributed by atoms with Gasteiger partial charge in [-0.3, -0.25) is 9.59 Å². The molecule has 1 atom stereocenters. The van der Waals surface area contributed by atoms with Crippen LogP contribution in [0.2, 0.25) is 0 Å². The van der Waals surface area contributed by atoms with E-state index in [4.69, 9.17) is 9.84 Å². The van der Waals surface area contributed by atoms with Crippen molar-refractivity contribution in [1.29, 1.82) is 0 Å². The molecule has 0 aromatic heterocycles. The van der Waals surface area contributed by atoms with Gasteiger partial charge in [0.05, 0.1) is 12.5 Å². The third kappa shape index (κ3) is 4.21. The van der Waals surface area contributed by atoms with Gasteiger partial charge < -0.3 is 14.7 Å². The lowest BCUT2D eigenvalue weighted by molar-refractivity contribution is -0.141. The first-order chi connectivity index (χ1) is 10.1. The number of nitrogens with zero attached hydrogens (tertiary/aromatic N) is 1. The summed E-state index contributed by atoms with van der Waals surface area (Å²) >= 11 is 0. The first-order valence-electron chi connectivity index (χ1n) is 7.32. The topological polar surface area (TPSA) is 66.8 Å². The Labute approximate surface area is 124 Å². The van der Waals surface area contributed by atoms with Gasteiger partial charge in [-0.15, -0.1) is 0 Å². The lowest BCUT2D eigenvalue weighted by atomic mass is 10.1. The van der Waals surface area contributed by atoms with Crippen molar-refractivity contribution >= 4 is 11.9 Å². The Kier molecular flexibility index (Phi) is 5.20. The van der Waals surface area contributed by atoms with Crippen molar-refractivity contribution in [2.24, 2.45) is 5.92 Å². The number of rotatable bonds is 6. The molecule has 1 saturated heterocycles. The largest absolute Gasteiger partial charge is 0.494 e. The summed E-state index contributed by atoms with van der Waals surface area (Å²) < 4.78 is 5.37. The van der Waals surface area contributed by atoms with Crippen LogP contribution in [0.3, 0.4) is 0 Å². The van der Waals surface area contributed by atoms with Crippen LogP contribution in [0.5, 0.6) is 5.75 Å². The first-order valence-corrected chi connectivity index (χ1v) is 7.32. The molecule has 1 N–H and O–H groups in total. The van der Waals surface area contributed by atoms with Gasteiger partial charge in [0.2, 0.25) is 5.91 Å². The van der Waals surface area contributed by atoms with Gasteiger partial charge in [-0.25, -0.2) is 0 Å². The van der Waals surface area contributed by atoms with Crippen LogP contribution in [0.4, 0.5) is 0 Å². The van der Waals surface area contributed by atoms with Gasteiger partial charge in [0.1, 0.15) is 5.75 Å². The van der Waals surface area contributed by atoms with Crippen molar-refractivity contribution in [3.05, 3.63) is 29.8 Å². The number of carbonyl (C=O) groups is 2. The third-order valence-electron chi connectivity index (χ3n) is 3.75. The lowest BCUT2D eigenvalue weighted by Gasteiger charge is -2.15. The number of likely N-dealkylation sites (tertiary alicyclic amines) is 1. The van der Waals surface area contributed by atoms with E-state index in [0.29, 0.717) is 39.0 Å². The molecule has 1 aliphatic heterocycles. The van der Waals surface area contributed by atoms with Crippen LogP contribution < -0.4 is 4.74 Å². The first kappa shape index (κ1) is 15.4. The quantitative estimate of drug-likeness (QED) is 0.870. The Morgan fingerprint density at radius 3 is 2.62 bits per heavy atom. The third-order valence-corrected chi connectivity index (χ3v) is 3.75. The number of carbonyl (C=O) groups excluding carboxylic acids is 1. The number of hydrogen-bond donors (Lipinski definition) is 1. The molecule has 1 aromatic rings. The van der Waals surface area contributed by atoms with Crippen molar-refractivity contribution in [1.82, 2.24) is 4.90 Å². The summed E-state index contributed by atoms with van der Waals surface area (Å²) in [6.07, 6.45) is 1.64. The zero-order valence-corrected chi connectivity index (χ0v) is 12.2. The molecule has 0 bridgehead atoms. The van der Waals surface area contributed by atoms with Crippen molar-refractivity contribution < 1.29 is 19.4 Å². The zero-order valence-electron chi connectivity index (χ0n) is 12.2. The number of aryl methyl sites for hydroxylation is 1. The summed E-state index contributed by atoms with van der Waals surface area (Å²) in [6.45, 7) is 3.47. The van der Waals surface area contributed by atoms with Crippen LogP contribution in [0.1, 0.15) is 25.3 Å². The van der Waals surface area contributed by atoms with Crippen LogP contribution in [0, 0.1) is 5.92 Å². The predicted molar refractivity (Wildman–Crippen MR) is 78.3 cm³/mol. The summed E-state index contributed by atoms with van der Waals surface area (Å²) in [5.74, 6) is -0.347. The molecule has 5 nitrogen and oxygen atoms in total. The molecule has 2 rings (SSSR count). The van der Waals surface area contributed by atoms with Gasteiger partial charge in [-0.1, -0.05) is 12.1 Å². The van der Waals surface area contributed by atoms with Crippen molar-refractivity contribution in [3.8, 4) is 5.75 Å². The summed E-state index contributed by atoms with van der Waals surface area (Å²) in [5, 5.41) is 8.94. The molecule has 1 aromatic carbocycles. The fourth-order valence-corrected chi connectivity index (χ4v) is 2.52. The highest BCUT2D eigenvalue weighted by Crippen LogP contribution is 2.18. The molecule has 1 amide bonds. The van der Waals surface area contributed by atoms with E-state index in [1.54, 1.807) is 4.90 Å². The molecule has 114 valence electrons. The summed E-state index contributed by atoms with van der Waals surface area (Å²) in [7, 11) is 0. The average molecular weight is 291 g/mol. The Balaban J connectivity index is 1.80. The fourth-order valence-electron chi connectivity index (χ4n) is 2.52. The van der Waals surface area contributed by atoms with Gasteiger partial charge in [0, 0.05) is 19.5 Å². The van der Waals surface area contributed by atoms with Gasteiger partial charge in [-0.2, -0.15) is 0 Å². The maximum atomic E-state index is 12.1. The molecule has 0 spiro atoms. The Hall–Kier alpha value is -2.04. The average Bonchev–Trinajstić information content (AvgIpc) is 2.97. The van der Waals surface area contributed by atoms with E-state index in [0.717, 1.165) is 11.3 Å². The minimum atomic E-state index is -0.809. The highest BCUT2D eigenvalue weighted by atomic mass is 16.5. The van der Waals surface area contributed by atoms with Gasteiger partial charge in [0.25, 0.3) is 0 Å². The molecular weight excluding hydrogens is 270 g/mol. The number of ether oxygens (including phenoxy) is 1. The molecule has 1 heterocycles. The van der Waals surface area contributed by atoms with E-state index in [1.807, 2.05) is 31.2 Å². The highest BCUT2D eigenvalue weighted by molar-refractivity contribution is 5.78. The molecule has 21 heavy (non-hydrogen) atoms. The number of aliphatic carboxylic acids is 1. The van der Waals surface area contributed by atoms with Crippen LogP contribution in [-0.4, -0.2) is 41.6 Å². The van der Waals surface area contributed by atoms with Gasteiger partial charge >= 0.3 is 5.97 Å². The van der Waals surface area contributed by atoms with E-state index in [2.05, 4.69) is 0 Å². The minimum Gasteiger partial charge on any atom is -0.494 e. The second-order valence-corrected chi connectivity index (χ2v) is 5.24. The summed E-state index contributed by atoms with van der Waals surface area (Å²) in [6, 6.07) is 7.73. The number of hydrogen-bond acceptors (Lipinski definition) is 3. The SMILES string of the molecule is CCOc1ccc(CCC(=O)N2CC[C@@H](C(=O)O)C2)cc1. The number of carboxylic acids is 1. The Morgan fingerprint density at radius 2 is 2.05 bits per heavy atom. The number of carboxylic acid groups (broad SMARTS) is 1. The molecule has 5 heteroatoms. The minimum absolute atomic E-state index is 0.0348. The molecule has 0 radical (unpaired) electrons. The van der Waals surface area contributed by atoms with Crippen molar-refractivity contribution in [2.45, 2.75) is 26.2 Å². The van der Waals surface area contributed by atoms with E-state index in [-0.39, 0.29) is 5.91 Å². The number of benzene rings is 1. The highest BCUT2D eigenvalue weighted by Gasteiger charge is 2.30. The molecule has 0 saturated carbocycles. The summed E-state index contributed by atoms with van der Waals surface area (Å²) in [4.78, 5) is 24.6. The molecule has 0 unspecified atom stereocenters.